The largest absolute Gasteiger partial charge is 0.256 e. The predicted octanol–water partition coefficient (Wildman–Crippen LogP) is 4.00. The fourth-order valence-corrected chi connectivity index (χ4v) is 1.39. The van der Waals surface area contributed by atoms with Crippen molar-refractivity contribution in [2.24, 2.45) is 5.11 Å². The molecule has 1 aromatic heterocycles. The van der Waals surface area contributed by atoms with Gasteiger partial charge in [0.25, 0.3) is 0 Å². The molecule has 0 N–H and O–H groups in total. The summed E-state index contributed by atoms with van der Waals surface area (Å²) in [4.78, 5) is 7.05. The van der Waals surface area contributed by atoms with E-state index in [9.17, 15) is 0 Å². The maximum atomic E-state index is 8.28. The minimum Gasteiger partial charge on any atom is -0.256 e. The summed E-state index contributed by atoms with van der Waals surface area (Å²) in [6, 6.07) is 11.3. The van der Waals surface area contributed by atoms with Crippen molar-refractivity contribution in [2.45, 2.75) is 6.92 Å². The lowest BCUT2D eigenvalue weighted by Crippen LogP contribution is -1.83. The molecule has 0 unspecified atom stereocenters. The van der Waals surface area contributed by atoms with Crippen molar-refractivity contribution in [3.8, 4) is 11.3 Å². The Morgan fingerprint density at radius 2 is 1.88 bits per heavy atom. The number of hydrogen-bond acceptors (Lipinski definition) is 2. The standard InChI is InChI=1S/C12H10N4/c1-9-2-7-12(14-8-9)10-3-5-11(6-4-10)15-16-13/h2-8H,1H3. The van der Waals surface area contributed by atoms with Crippen LogP contribution in [0.25, 0.3) is 21.7 Å². The number of hydrogen-bond donors (Lipinski definition) is 0. The van der Waals surface area contributed by atoms with Crippen LogP contribution in [0.15, 0.2) is 47.7 Å². The van der Waals surface area contributed by atoms with Gasteiger partial charge in [-0.15, -0.1) is 0 Å². The summed E-state index contributed by atoms with van der Waals surface area (Å²) in [6.45, 7) is 2.00. The maximum absolute atomic E-state index is 8.28. The number of aryl methyl sites for hydroxylation is 1. The second kappa shape index (κ2) is 4.47. The summed E-state index contributed by atoms with van der Waals surface area (Å²) in [7, 11) is 0. The van der Waals surface area contributed by atoms with Crippen LogP contribution in [0.1, 0.15) is 5.56 Å². The summed E-state index contributed by atoms with van der Waals surface area (Å²) >= 11 is 0. The molecule has 0 spiro atoms. The van der Waals surface area contributed by atoms with Crippen LogP contribution in [0.4, 0.5) is 5.69 Å². The van der Waals surface area contributed by atoms with Gasteiger partial charge in [-0.05, 0) is 24.1 Å². The van der Waals surface area contributed by atoms with Gasteiger partial charge in [0.05, 0.1) is 5.69 Å². The number of rotatable bonds is 2. The van der Waals surface area contributed by atoms with Gasteiger partial charge in [0.2, 0.25) is 0 Å². The third-order valence-electron chi connectivity index (χ3n) is 2.23. The third kappa shape index (κ3) is 2.19. The molecule has 0 aliphatic rings. The number of benzene rings is 1. The SMILES string of the molecule is Cc1ccc(-c2ccc(N=[N+]=[N-])cc2)nc1. The van der Waals surface area contributed by atoms with E-state index in [1.165, 1.54) is 0 Å². The van der Waals surface area contributed by atoms with Crippen LogP contribution >= 0.6 is 0 Å². The molecule has 0 aliphatic carbocycles. The zero-order chi connectivity index (χ0) is 11.4. The number of pyridine rings is 1. The van der Waals surface area contributed by atoms with Gasteiger partial charge >= 0.3 is 0 Å². The van der Waals surface area contributed by atoms with Gasteiger partial charge in [-0.2, -0.15) is 0 Å². The average molecular weight is 210 g/mol. The molecular formula is C12H10N4. The normalized spacial score (nSPS) is 9.56. The van der Waals surface area contributed by atoms with Gasteiger partial charge in [0.15, 0.2) is 0 Å². The summed E-state index contributed by atoms with van der Waals surface area (Å²) in [5.41, 5.74) is 12.0. The molecule has 16 heavy (non-hydrogen) atoms. The van der Waals surface area contributed by atoms with E-state index in [1.54, 1.807) is 12.1 Å². The lowest BCUT2D eigenvalue weighted by molar-refractivity contribution is 1.27. The van der Waals surface area contributed by atoms with E-state index in [2.05, 4.69) is 15.0 Å². The Morgan fingerprint density at radius 3 is 2.44 bits per heavy atom. The fraction of sp³-hybridized carbons (Fsp3) is 0.0833. The summed E-state index contributed by atoms with van der Waals surface area (Å²) in [6.07, 6.45) is 1.83. The van der Waals surface area contributed by atoms with Crippen LogP contribution in [0.5, 0.6) is 0 Å². The van der Waals surface area contributed by atoms with Crippen molar-refractivity contribution in [2.75, 3.05) is 0 Å². The molecule has 0 fully saturated rings. The van der Waals surface area contributed by atoms with E-state index in [0.29, 0.717) is 5.69 Å². The molecule has 0 amide bonds. The zero-order valence-corrected chi connectivity index (χ0v) is 8.83. The monoisotopic (exact) mass is 210 g/mol. The molecule has 0 saturated carbocycles. The molecule has 2 aromatic rings. The Balaban J connectivity index is 2.34. The van der Waals surface area contributed by atoms with Gasteiger partial charge in [0.1, 0.15) is 0 Å². The van der Waals surface area contributed by atoms with Crippen molar-refractivity contribution in [1.82, 2.24) is 4.98 Å². The van der Waals surface area contributed by atoms with Gasteiger partial charge in [-0.3, -0.25) is 4.98 Å². The van der Waals surface area contributed by atoms with Crippen molar-refractivity contribution in [3.63, 3.8) is 0 Å². The first-order valence-electron chi connectivity index (χ1n) is 4.88. The van der Waals surface area contributed by atoms with Crippen LogP contribution in [-0.2, 0) is 0 Å². The Labute approximate surface area is 93.2 Å². The molecule has 2 rings (SSSR count). The summed E-state index contributed by atoms with van der Waals surface area (Å²) in [5, 5.41) is 3.52. The van der Waals surface area contributed by atoms with Crippen LogP contribution in [0, 0.1) is 6.92 Å². The first kappa shape index (κ1) is 10.2. The minimum absolute atomic E-state index is 0.610. The average Bonchev–Trinajstić information content (AvgIpc) is 2.32. The second-order valence-corrected chi connectivity index (χ2v) is 3.46. The quantitative estimate of drug-likeness (QED) is 0.419. The molecule has 0 bridgehead atoms. The molecule has 1 aromatic carbocycles. The summed E-state index contributed by atoms with van der Waals surface area (Å²) < 4.78 is 0. The van der Waals surface area contributed by atoms with Gasteiger partial charge in [-0.25, -0.2) is 0 Å². The highest BCUT2D eigenvalue weighted by molar-refractivity contribution is 5.61. The Morgan fingerprint density at radius 1 is 1.12 bits per heavy atom. The van der Waals surface area contributed by atoms with Gasteiger partial charge < -0.3 is 0 Å². The molecule has 78 valence electrons. The highest BCUT2D eigenvalue weighted by atomic mass is 15.1. The smallest absolute Gasteiger partial charge is 0.0702 e. The first-order valence-corrected chi connectivity index (χ1v) is 4.88. The zero-order valence-electron chi connectivity index (χ0n) is 8.83. The van der Waals surface area contributed by atoms with E-state index in [-0.39, 0.29) is 0 Å². The minimum atomic E-state index is 0.610. The molecule has 0 aliphatic heterocycles. The predicted molar refractivity (Wildman–Crippen MR) is 63.2 cm³/mol. The van der Waals surface area contributed by atoms with E-state index in [1.807, 2.05) is 37.4 Å². The van der Waals surface area contributed by atoms with Crippen LogP contribution in [0.3, 0.4) is 0 Å². The molecule has 0 atom stereocenters. The van der Waals surface area contributed by atoms with E-state index >= 15 is 0 Å². The van der Waals surface area contributed by atoms with E-state index in [4.69, 9.17) is 5.53 Å². The topological polar surface area (TPSA) is 61.7 Å². The van der Waals surface area contributed by atoms with Crippen molar-refractivity contribution in [3.05, 3.63) is 58.6 Å². The first-order chi connectivity index (χ1) is 7.79. The fourth-order valence-electron chi connectivity index (χ4n) is 1.39. The van der Waals surface area contributed by atoms with Crippen molar-refractivity contribution >= 4 is 5.69 Å². The Hall–Kier alpha value is -2.32. The lowest BCUT2D eigenvalue weighted by Gasteiger charge is -2.01. The third-order valence-corrected chi connectivity index (χ3v) is 2.23. The maximum Gasteiger partial charge on any atom is 0.0702 e. The van der Waals surface area contributed by atoms with Crippen LogP contribution in [0.2, 0.25) is 0 Å². The molecular weight excluding hydrogens is 200 g/mol. The number of aromatic nitrogens is 1. The molecule has 0 radical (unpaired) electrons. The summed E-state index contributed by atoms with van der Waals surface area (Å²) in [5.74, 6) is 0. The number of nitrogens with zero attached hydrogens (tertiary/aromatic N) is 4. The molecule has 4 nitrogen and oxygen atoms in total. The highest BCUT2D eigenvalue weighted by Gasteiger charge is 1.98. The van der Waals surface area contributed by atoms with Crippen LogP contribution < -0.4 is 0 Å². The second-order valence-electron chi connectivity index (χ2n) is 3.46. The Bertz CT molecular complexity index is 522. The van der Waals surface area contributed by atoms with Crippen molar-refractivity contribution in [1.29, 1.82) is 0 Å². The van der Waals surface area contributed by atoms with E-state index in [0.717, 1.165) is 16.8 Å². The number of azide groups is 1. The molecule has 4 heteroatoms. The van der Waals surface area contributed by atoms with Gasteiger partial charge in [0, 0.05) is 22.4 Å². The molecule has 1 heterocycles. The van der Waals surface area contributed by atoms with Gasteiger partial charge in [-0.1, -0.05) is 35.4 Å². The Kier molecular flexibility index (Phi) is 2.85. The molecule has 0 saturated heterocycles. The lowest BCUT2D eigenvalue weighted by atomic mass is 10.1. The van der Waals surface area contributed by atoms with Crippen molar-refractivity contribution < 1.29 is 0 Å². The van der Waals surface area contributed by atoms with Crippen LogP contribution in [-0.4, -0.2) is 4.98 Å². The van der Waals surface area contributed by atoms with E-state index < -0.39 is 0 Å². The highest BCUT2D eigenvalue weighted by Crippen LogP contribution is 2.20.